The summed E-state index contributed by atoms with van der Waals surface area (Å²) in [7, 11) is 0. The first-order valence-electron chi connectivity index (χ1n) is 8.32. The molecule has 0 atom stereocenters. The molecule has 1 aliphatic rings. The molecule has 0 unspecified atom stereocenters. The molecule has 134 valence electrons. The molecule has 0 spiro atoms. The van der Waals surface area contributed by atoms with Crippen molar-refractivity contribution in [1.29, 1.82) is 0 Å². The number of hydrogen-bond acceptors (Lipinski definition) is 7. The first-order chi connectivity index (χ1) is 12.5. The summed E-state index contributed by atoms with van der Waals surface area (Å²) < 4.78 is 5.52. The molecule has 1 aliphatic heterocycles. The van der Waals surface area contributed by atoms with E-state index >= 15 is 0 Å². The number of nitrogens with zero attached hydrogens (tertiary/aromatic N) is 5. The van der Waals surface area contributed by atoms with Gasteiger partial charge in [-0.1, -0.05) is 6.92 Å². The number of carboxylic acid groups (broad SMARTS) is 1. The van der Waals surface area contributed by atoms with Crippen LogP contribution in [0.3, 0.4) is 0 Å². The van der Waals surface area contributed by atoms with Crippen molar-refractivity contribution in [1.82, 2.24) is 18.9 Å². The van der Waals surface area contributed by atoms with Gasteiger partial charge in [0, 0.05) is 30.8 Å². The highest BCUT2D eigenvalue weighted by molar-refractivity contribution is 7.08. The second-order valence-electron chi connectivity index (χ2n) is 6.45. The van der Waals surface area contributed by atoms with Crippen LogP contribution >= 0.6 is 11.5 Å². The monoisotopic (exact) mass is 371 g/mol. The molecular formula is C17H17N5O3S. The second kappa shape index (κ2) is 6.17. The summed E-state index contributed by atoms with van der Waals surface area (Å²) in [5, 5.41) is 10.2. The van der Waals surface area contributed by atoms with Crippen LogP contribution in [0.2, 0.25) is 0 Å². The van der Waals surface area contributed by atoms with Gasteiger partial charge in [-0.25, -0.2) is 14.8 Å². The molecule has 3 aromatic heterocycles. The summed E-state index contributed by atoms with van der Waals surface area (Å²) in [6, 6.07) is 1.85. The first kappa shape index (κ1) is 16.6. The molecule has 3 aromatic rings. The lowest BCUT2D eigenvalue weighted by Crippen LogP contribution is -2.46. The zero-order valence-electron chi connectivity index (χ0n) is 14.3. The van der Waals surface area contributed by atoms with E-state index in [0.717, 1.165) is 36.9 Å². The van der Waals surface area contributed by atoms with Crippen LogP contribution in [-0.4, -0.2) is 43.1 Å². The predicted molar refractivity (Wildman–Crippen MR) is 98.5 cm³/mol. The summed E-state index contributed by atoms with van der Waals surface area (Å²) in [6.07, 6.45) is 3.80. The molecule has 0 aromatic carbocycles. The van der Waals surface area contributed by atoms with Crippen molar-refractivity contribution in [2.75, 3.05) is 18.0 Å². The van der Waals surface area contributed by atoms with Crippen molar-refractivity contribution >= 4 is 34.4 Å². The van der Waals surface area contributed by atoms with Gasteiger partial charge in [0.25, 0.3) is 0 Å². The van der Waals surface area contributed by atoms with Gasteiger partial charge in [0.05, 0.1) is 5.39 Å². The lowest BCUT2D eigenvalue weighted by Gasteiger charge is -2.40. The van der Waals surface area contributed by atoms with Crippen molar-refractivity contribution < 1.29 is 9.90 Å². The highest BCUT2D eigenvalue weighted by atomic mass is 32.1. The first-order valence-corrected chi connectivity index (χ1v) is 9.09. The Bertz CT molecular complexity index is 1050. The molecule has 0 amide bonds. The van der Waals surface area contributed by atoms with Gasteiger partial charge in [-0.05, 0) is 30.9 Å². The van der Waals surface area contributed by atoms with Crippen molar-refractivity contribution in [3.05, 3.63) is 39.9 Å². The average molecular weight is 371 g/mol. The minimum Gasteiger partial charge on any atom is -0.477 e. The van der Waals surface area contributed by atoms with Crippen molar-refractivity contribution in [3.8, 4) is 5.13 Å². The maximum atomic E-state index is 12.7. The lowest BCUT2D eigenvalue weighted by atomic mass is 9.97. The molecular weight excluding hydrogens is 354 g/mol. The number of pyridine rings is 2. The number of carboxylic acids is 1. The molecule has 0 bridgehead atoms. The van der Waals surface area contributed by atoms with E-state index in [2.05, 4.69) is 26.2 Å². The zero-order chi connectivity index (χ0) is 18.4. The highest BCUT2D eigenvalue weighted by Crippen LogP contribution is 2.29. The topological polar surface area (TPSA) is 101 Å². The van der Waals surface area contributed by atoms with Crippen LogP contribution in [-0.2, 0) is 0 Å². The fraction of sp³-hybridized carbons (Fsp3) is 0.353. The number of rotatable bonds is 4. The number of anilines is 1. The van der Waals surface area contributed by atoms with Crippen LogP contribution in [0.5, 0.6) is 0 Å². The Kier molecular flexibility index (Phi) is 3.95. The molecule has 9 heteroatoms. The number of aromatic carboxylic acids is 1. The van der Waals surface area contributed by atoms with E-state index in [1.54, 1.807) is 4.57 Å². The molecule has 8 nitrogen and oxygen atoms in total. The number of aryl methyl sites for hydroxylation is 1. The maximum Gasteiger partial charge on any atom is 0.341 e. The van der Waals surface area contributed by atoms with Gasteiger partial charge in [0.15, 0.2) is 5.65 Å². The lowest BCUT2D eigenvalue weighted by molar-refractivity contribution is 0.0695. The summed E-state index contributed by atoms with van der Waals surface area (Å²) in [4.78, 5) is 35.2. The molecule has 0 saturated carbocycles. The molecule has 1 N–H and O–H groups in total. The third-order valence-electron chi connectivity index (χ3n) is 4.79. The summed E-state index contributed by atoms with van der Waals surface area (Å²) >= 11 is 1.11. The molecule has 26 heavy (non-hydrogen) atoms. The Hall–Kier alpha value is -2.81. The number of fused-ring (bicyclic) bond motifs is 1. The quantitative estimate of drug-likeness (QED) is 0.749. The minimum absolute atomic E-state index is 0.302. The van der Waals surface area contributed by atoms with Gasteiger partial charge in [-0.3, -0.25) is 9.36 Å². The molecule has 0 aliphatic carbocycles. The van der Waals surface area contributed by atoms with Crippen LogP contribution in [0.25, 0.3) is 16.2 Å². The normalized spacial score (nSPS) is 14.6. The van der Waals surface area contributed by atoms with Crippen LogP contribution in [0.15, 0.2) is 23.4 Å². The Morgan fingerprint density at radius 3 is 2.81 bits per heavy atom. The van der Waals surface area contributed by atoms with Crippen molar-refractivity contribution in [2.24, 2.45) is 5.92 Å². The van der Waals surface area contributed by atoms with Crippen LogP contribution in [0.1, 0.15) is 29.3 Å². The highest BCUT2D eigenvalue weighted by Gasteiger charge is 2.28. The molecule has 4 heterocycles. The Labute approximate surface area is 152 Å². The summed E-state index contributed by atoms with van der Waals surface area (Å²) in [5.74, 6) is 0.181. The Balaban J connectivity index is 1.98. The summed E-state index contributed by atoms with van der Waals surface area (Å²) in [5.41, 5.74) is 0.281. The van der Waals surface area contributed by atoms with E-state index < -0.39 is 11.4 Å². The SMILES string of the molecule is CCC1CN(c2cc(C)c3c(=O)c(C(=O)O)cn(-c4ncns4)c3n2)C1. The Morgan fingerprint density at radius 2 is 2.19 bits per heavy atom. The second-order valence-corrected chi connectivity index (χ2v) is 7.20. The van der Waals surface area contributed by atoms with E-state index in [4.69, 9.17) is 0 Å². The molecule has 0 radical (unpaired) electrons. The molecule has 1 saturated heterocycles. The fourth-order valence-electron chi connectivity index (χ4n) is 3.23. The van der Waals surface area contributed by atoms with E-state index in [1.807, 2.05) is 13.0 Å². The van der Waals surface area contributed by atoms with E-state index in [0.29, 0.717) is 27.6 Å². The van der Waals surface area contributed by atoms with Gasteiger partial charge in [-0.2, -0.15) is 4.37 Å². The predicted octanol–water partition coefficient (Wildman–Crippen LogP) is 2.09. The number of hydrogen-bond donors (Lipinski definition) is 1. The van der Waals surface area contributed by atoms with Crippen LogP contribution < -0.4 is 10.3 Å². The van der Waals surface area contributed by atoms with E-state index in [-0.39, 0.29) is 5.56 Å². The standard InChI is InChI=1S/C17H17N5O3S/c1-3-10-5-21(6-10)12-4-9(2)13-14(23)11(16(24)25)7-22(15(13)20-12)17-18-8-19-26-17/h4,7-8,10H,3,5-6H2,1-2H3,(H,24,25). The maximum absolute atomic E-state index is 12.7. The molecule has 4 rings (SSSR count). The number of aromatic nitrogens is 4. The fourth-order valence-corrected chi connectivity index (χ4v) is 3.74. The Morgan fingerprint density at radius 1 is 1.42 bits per heavy atom. The van der Waals surface area contributed by atoms with Crippen LogP contribution in [0.4, 0.5) is 5.82 Å². The van der Waals surface area contributed by atoms with Crippen molar-refractivity contribution in [2.45, 2.75) is 20.3 Å². The molecule has 1 fully saturated rings. The van der Waals surface area contributed by atoms with Gasteiger partial charge < -0.3 is 10.0 Å². The summed E-state index contributed by atoms with van der Waals surface area (Å²) in [6.45, 7) is 5.85. The third-order valence-corrected chi connectivity index (χ3v) is 5.45. The zero-order valence-corrected chi connectivity index (χ0v) is 15.2. The van der Waals surface area contributed by atoms with E-state index in [9.17, 15) is 14.7 Å². The minimum atomic E-state index is -1.27. The van der Waals surface area contributed by atoms with Gasteiger partial charge in [0.1, 0.15) is 17.7 Å². The van der Waals surface area contributed by atoms with Crippen LogP contribution in [0, 0.1) is 12.8 Å². The van der Waals surface area contributed by atoms with Gasteiger partial charge >= 0.3 is 5.97 Å². The smallest absolute Gasteiger partial charge is 0.341 e. The van der Waals surface area contributed by atoms with E-state index in [1.165, 1.54) is 12.5 Å². The third kappa shape index (κ3) is 2.55. The van der Waals surface area contributed by atoms with Gasteiger partial charge in [-0.15, -0.1) is 0 Å². The number of carbonyl (C=O) groups is 1. The van der Waals surface area contributed by atoms with Gasteiger partial charge in [0.2, 0.25) is 10.6 Å². The largest absolute Gasteiger partial charge is 0.477 e. The van der Waals surface area contributed by atoms with Crippen molar-refractivity contribution in [3.63, 3.8) is 0 Å². The average Bonchev–Trinajstić information content (AvgIpc) is 3.07.